The zero-order chi connectivity index (χ0) is 16.1. The van der Waals surface area contributed by atoms with Gasteiger partial charge >= 0.3 is 0 Å². The number of hydrogen-bond donors (Lipinski definition) is 1. The molecule has 0 unspecified atom stereocenters. The number of anilines is 1. The maximum absolute atomic E-state index is 11.9. The van der Waals surface area contributed by atoms with E-state index in [9.17, 15) is 4.79 Å². The molecule has 1 amide bonds. The molecule has 3 rings (SSSR count). The van der Waals surface area contributed by atoms with Crippen molar-refractivity contribution < 1.29 is 9.53 Å². The first-order valence-electron chi connectivity index (χ1n) is 6.89. The van der Waals surface area contributed by atoms with Crippen molar-refractivity contribution in [1.29, 1.82) is 0 Å². The number of hydrogen-bond acceptors (Lipinski definition) is 4. The Balaban J connectivity index is 1.54. The topological polar surface area (TPSA) is 51.2 Å². The second-order valence-corrected chi connectivity index (χ2v) is 6.85. The van der Waals surface area contributed by atoms with Gasteiger partial charge in [-0.25, -0.2) is 4.98 Å². The highest BCUT2D eigenvalue weighted by molar-refractivity contribution is 14.1. The van der Waals surface area contributed by atoms with Crippen molar-refractivity contribution in [2.75, 3.05) is 11.9 Å². The Morgan fingerprint density at radius 3 is 2.52 bits per heavy atom. The number of carbonyl (C=O) groups is 1. The molecule has 0 aliphatic heterocycles. The molecule has 0 saturated carbocycles. The summed E-state index contributed by atoms with van der Waals surface area (Å²) in [6.45, 7) is -0.0190. The number of nitrogens with zero attached hydrogens (tertiary/aromatic N) is 1. The number of rotatable bonds is 5. The number of nitrogens with one attached hydrogen (secondary N) is 1. The van der Waals surface area contributed by atoms with E-state index in [0.717, 1.165) is 19.8 Å². The molecule has 0 radical (unpaired) electrons. The second-order valence-electron chi connectivity index (χ2n) is 4.71. The summed E-state index contributed by atoms with van der Waals surface area (Å²) in [5, 5.41) is 5.71. The van der Waals surface area contributed by atoms with Crippen LogP contribution in [-0.4, -0.2) is 17.5 Å². The fourth-order valence-electron chi connectivity index (χ4n) is 1.94. The number of aromatic nitrogens is 1. The van der Waals surface area contributed by atoms with E-state index in [1.807, 2.05) is 53.9 Å². The van der Waals surface area contributed by atoms with Crippen molar-refractivity contribution in [3.8, 4) is 16.3 Å². The molecule has 23 heavy (non-hydrogen) atoms. The molecule has 1 N–H and O–H groups in total. The monoisotopic (exact) mass is 436 g/mol. The van der Waals surface area contributed by atoms with Gasteiger partial charge in [-0.1, -0.05) is 0 Å². The largest absolute Gasteiger partial charge is 0.484 e. The van der Waals surface area contributed by atoms with Crippen LogP contribution in [0.2, 0.25) is 0 Å². The predicted octanol–water partition coefficient (Wildman–Crippen LogP) is 4.43. The van der Waals surface area contributed by atoms with Crippen LogP contribution in [-0.2, 0) is 4.79 Å². The predicted molar refractivity (Wildman–Crippen MR) is 101 cm³/mol. The van der Waals surface area contributed by atoms with Gasteiger partial charge in [-0.2, -0.15) is 0 Å². The first-order chi connectivity index (χ1) is 11.2. The molecule has 0 atom stereocenters. The van der Waals surface area contributed by atoms with Gasteiger partial charge in [0.25, 0.3) is 5.91 Å². The van der Waals surface area contributed by atoms with Crippen LogP contribution in [0.4, 0.5) is 5.69 Å². The minimum atomic E-state index is -0.189. The Hall–Kier alpha value is -1.93. The van der Waals surface area contributed by atoms with Gasteiger partial charge in [-0.3, -0.25) is 4.79 Å². The van der Waals surface area contributed by atoms with E-state index >= 15 is 0 Å². The highest BCUT2D eigenvalue weighted by atomic mass is 127. The lowest BCUT2D eigenvalue weighted by Crippen LogP contribution is -2.20. The first kappa shape index (κ1) is 15.9. The standard InChI is InChI=1S/C17H13IN2O2S/c18-13-3-7-15(8-4-13)22-11-16(21)20-14-5-1-12(2-6-14)17-19-9-10-23-17/h1-10H,11H2,(H,20,21). The molecule has 3 aromatic rings. The molecule has 4 nitrogen and oxygen atoms in total. The van der Waals surface area contributed by atoms with Gasteiger partial charge in [0.15, 0.2) is 6.61 Å². The zero-order valence-corrected chi connectivity index (χ0v) is 15.0. The van der Waals surface area contributed by atoms with E-state index in [1.165, 1.54) is 0 Å². The highest BCUT2D eigenvalue weighted by Crippen LogP contribution is 2.23. The lowest BCUT2D eigenvalue weighted by molar-refractivity contribution is -0.118. The Morgan fingerprint density at radius 1 is 1.13 bits per heavy atom. The van der Waals surface area contributed by atoms with Crippen LogP contribution in [0, 0.1) is 3.57 Å². The lowest BCUT2D eigenvalue weighted by Gasteiger charge is -2.08. The van der Waals surface area contributed by atoms with Gasteiger partial charge in [0.2, 0.25) is 0 Å². The molecule has 0 aliphatic rings. The third kappa shape index (κ3) is 4.52. The third-order valence-electron chi connectivity index (χ3n) is 3.03. The molecular formula is C17H13IN2O2S. The fraction of sp³-hybridized carbons (Fsp3) is 0.0588. The molecule has 0 saturated heterocycles. The molecule has 6 heteroatoms. The van der Waals surface area contributed by atoms with E-state index in [0.29, 0.717) is 5.75 Å². The highest BCUT2D eigenvalue weighted by Gasteiger charge is 2.05. The minimum Gasteiger partial charge on any atom is -0.484 e. The zero-order valence-electron chi connectivity index (χ0n) is 12.0. The summed E-state index contributed by atoms with van der Waals surface area (Å²) < 4.78 is 6.58. The van der Waals surface area contributed by atoms with Gasteiger partial charge in [-0.05, 0) is 71.1 Å². The van der Waals surface area contributed by atoms with Crippen molar-refractivity contribution in [1.82, 2.24) is 4.98 Å². The van der Waals surface area contributed by atoms with Crippen molar-refractivity contribution in [3.63, 3.8) is 0 Å². The molecule has 0 fully saturated rings. The Kier molecular flexibility index (Phi) is 5.24. The number of carbonyl (C=O) groups excluding carboxylic acids is 1. The second kappa shape index (κ2) is 7.56. The number of amides is 1. The smallest absolute Gasteiger partial charge is 0.262 e. The summed E-state index contributed by atoms with van der Waals surface area (Å²) in [7, 11) is 0. The van der Waals surface area contributed by atoms with Crippen molar-refractivity contribution in [2.24, 2.45) is 0 Å². The van der Waals surface area contributed by atoms with Crippen molar-refractivity contribution >= 4 is 45.5 Å². The van der Waals surface area contributed by atoms with E-state index in [-0.39, 0.29) is 12.5 Å². The minimum absolute atomic E-state index is 0.0190. The molecule has 0 bridgehead atoms. The molecule has 2 aromatic carbocycles. The SMILES string of the molecule is O=C(COc1ccc(I)cc1)Nc1ccc(-c2nccs2)cc1. The van der Waals surface area contributed by atoms with Crippen LogP contribution in [0.25, 0.3) is 10.6 Å². The van der Waals surface area contributed by atoms with Gasteiger partial charge in [0.1, 0.15) is 10.8 Å². The summed E-state index contributed by atoms with van der Waals surface area (Å²) >= 11 is 3.80. The molecule has 0 spiro atoms. The maximum Gasteiger partial charge on any atom is 0.262 e. The summed E-state index contributed by atoms with van der Waals surface area (Å²) in [5.41, 5.74) is 1.77. The van der Waals surface area contributed by atoms with E-state index in [2.05, 4.69) is 32.9 Å². The first-order valence-corrected chi connectivity index (χ1v) is 8.85. The Labute approximate surface area is 151 Å². The summed E-state index contributed by atoms with van der Waals surface area (Å²) in [6, 6.07) is 15.2. The van der Waals surface area contributed by atoms with E-state index in [4.69, 9.17) is 4.74 Å². The average Bonchev–Trinajstić information content (AvgIpc) is 3.09. The fourth-order valence-corrected chi connectivity index (χ4v) is 2.94. The Bertz CT molecular complexity index is 771. The van der Waals surface area contributed by atoms with Crippen LogP contribution in [0.5, 0.6) is 5.75 Å². The van der Waals surface area contributed by atoms with Crippen molar-refractivity contribution in [2.45, 2.75) is 0 Å². The lowest BCUT2D eigenvalue weighted by atomic mass is 10.2. The van der Waals surface area contributed by atoms with E-state index in [1.54, 1.807) is 17.5 Å². The molecular weight excluding hydrogens is 423 g/mol. The van der Waals surface area contributed by atoms with Crippen LogP contribution >= 0.6 is 33.9 Å². The van der Waals surface area contributed by atoms with Gasteiger partial charge in [0.05, 0.1) is 0 Å². The Morgan fingerprint density at radius 2 is 1.87 bits per heavy atom. The summed E-state index contributed by atoms with van der Waals surface area (Å²) in [5.74, 6) is 0.491. The van der Waals surface area contributed by atoms with Crippen LogP contribution < -0.4 is 10.1 Å². The summed E-state index contributed by atoms with van der Waals surface area (Å²) in [4.78, 5) is 16.2. The van der Waals surface area contributed by atoms with Crippen LogP contribution in [0.1, 0.15) is 0 Å². The van der Waals surface area contributed by atoms with Crippen molar-refractivity contribution in [3.05, 3.63) is 63.7 Å². The van der Waals surface area contributed by atoms with Crippen LogP contribution in [0.15, 0.2) is 60.1 Å². The molecule has 116 valence electrons. The average molecular weight is 436 g/mol. The third-order valence-corrected chi connectivity index (χ3v) is 4.57. The molecule has 1 aromatic heterocycles. The van der Waals surface area contributed by atoms with Gasteiger partial charge < -0.3 is 10.1 Å². The van der Waals surface area contributed by atoms with Crippen LogP contribution in [0.3, 0.4) is 0 Å². The number of halogens is 1. The van der Waals surface area contributed by atoms with E-state index < -0.39 is 0 Å². The number of benzene rings is 2. The summed E-state index contributed by atoms with van der Waals surface area (Å²) in [6.07, 6.45) is 1.78. The maximum atomic E-state index is 11.9. The number of thiazole rings is 1. The number of ether oxygens (including phenoxy) is 1. The normalized spacial score (nSPS) is 10.3. The molecule has 1 heterocycles. The van der Waals surface area contributed by atoms with Gasteiger partial charge in [-0.15, -0.1) is 11.3 Å². The molecule has 0 aliphatic carbocycles. The van der Waals surface area contributed by atoms with Gasteiger partial charge in [0, 0.05) is 26.4 Å². The quantitative estimate of drug-likeness (QED) is 0.603.